The number of nitrogens with one attached hydrogen (secondary N) is 1. The Hall–Kier alpha value is -2.58. The van der Waals surface area contributed by atoms with Gasteiger partial charge in [0.2, 0.25) is 10.0 Å². The molecule has 1 fully saturated rings. The van der Waals surface area contributed by atoms with E-state index in [2.05, 4.69) is 5.32 Å². The third kappa shape index (κ3) is 4.76. The van der Waals surface area contributed by atoms with Crippen LogP contribution in [0, 0.1) is 13.8 Å². The van der Waals surface area contributed by atoms with Crippen molar-refractivity contribution in [2.24, 2.45) is 0 Å². The van der Waals surface area contributed by atoms with E-state index in [1.54, 1.807) is 13.0 Å². The van der Waals surface area contributed by atoms with Crippen molar-refractivity contribution in [3.05, 3.63) is 47.5 Å². The summed E-state index contributed by atoms with van der Waals surface area (Å²) in [5.41, 5.74) is 2.25. The molecule has 162 valence electrons. The number of hydrogen-bond donors (Lipinski definition) is 1. The molecule has 8 heteroatoms. The van der Waals surface area contributed by atoms with Crippen LogP contribution in [0.15, 0.2) is 41.3 Å². The molecule has 0 saturated carbocycles. The largest absolute Gasteiger partial charge is 0.495 e. The first kappa shape index (κ1) is 22.1. The van der Waals surface area contributed by atoms with E-state index in [1.165, 1.54) is 23.5 Å². The van der Waals surface area contributed by atoms with Crippen molar-refractivity contribution in [3.63, 3.8) is 0 Å². The predicted molar refractivity (Wildman–Crippen MR) is 116 cm³/mol. The molecular formula is C22H28N2O5S. The molecule has 0 bridgehead atoms. The van der Waals surface area contributed by atoms with Gasteiger partial charge >= 0.3 is 0 Å². The Labute approximate surface area is 178 Å². The zero-order valence-corrected chi connectivity index (χ0v) is 18.6. The summed E-state index contributed by atoms with van der Waals surface area (Å²) >= 11 is 0. The van der Waals surface area contributed by atoms with Crippen molar-refractivity contribution in [2.45, 2.75) is 44.6 Å². The lowest BCUT2D eigenvalue weighted by molar-refractivity contribution is -0.122. The lowest BCUT2D eigenvalue weighted by atomic mass is 10.1. The van der Waals surface area contributed by atoms with Crippen LogP contribution in [0.2, 0.25) is 0 Å². The third-order valence-corrected chi connectivity index (χ3v) is 7.04. The standard InChI is InChI=1S/C22H28N2O5S/c1-15-7-8-16(2)21(13-15)29-17(3)22(25)23-19-14-18(9-10-20(19)28-4)30(26,27)24-11-5-6-12-24/h7-10,13-14,17H,5-6,11-12H2,1-4H3,(H,23,25)/t17-/m1/s1. The van der Waals surface area contributed by atoms with E-state index in [1.807, 2.05) is 32.0 Å². The van der Waals surface area contributed by atoms with Crippen molar-refractivity contribution in [1.82, 2.24) is 4.31 Å². The molecule has 0 spiro atoms. The van der Waals surface area contributed by atoms with Crippen LogP contribution in [-0.4, -0.2) is 44.9 Å². The van der Waals surface area contributed by atoms with Gasteiger partial charge in [-0.2, -0.15) is 4.31 Å². The van der Waals surface area contributed by atoms with Gasteiger partial charge in [-0.1, -0.05) is 12.1 Å². The summed E-state index contributed by atoms with van der Waals surface area (Å²) in [6, 6.07) is 10.3. The molecule has 1 aliphatic rings. The van der Waals surface area contributed by atoms with Crippen LogP contribution in [0.25, 0.3) is 0 Å². The maximum atomic E-state index is 12.9. The Kier molecular flexibility index (Phi) is 6.67. The van der Waals surface area contributed by atoms with Crippen LogP contribution in [0.3, 0.4) is 0 Å². The normalized spacial score (nSPS) is 15.6. The number of amides is 1. The van der Waals surface area contributed by atoms with Crippen molar-refractivity contribution < 1.29 is 22.7 Å². The van der Waals surface area contributed by atoms with E-state index in [-0.39, 0.29) is 4.90 Å². The number of rotatable bonds is 7. The van der Waals surface area contributed by atoms with Gasteiger partial charge in [0, 0.05) is 13.1 Å². The first-order valence-corrected chi connectivity index (χ1v) is 11.4. The molecule has 30 heavy (non-hydrogen) atoms. The Morgan fingerprint density at radius 1 is 1.07 bits per heavy atom. The number of carbonyl (C=O) groups excluding carboxylic acids is 1. The molecule has 0 unspecified atom stereocenters. The van der Waals surface area contributed by atoms with Gasteiger partial charge in [0.05, 0.1) is 17.7 Å². The molecule has 1 N–H and O–H groups in total. The Balaban J connectivity index is 1.80. The minimum Gasteiger partial charge on any atom is -0.495 e. The molecular weight excluding hydrogens is 404 g/mol. The van der Waals surface area contributed by atoms with Crippen molar-refractivity contribution in [2.75, 3.05) is 25.5 Å². The molecule has 3 rings (SSSR count). The monoisotopic (exact) mass is 432 g/mol. The summed E-state index contributed by atoms with van der Waals surface area (Å²) in [6.45, 7) is 6.53. The van der Waals surface area contributed by atoms with Crippen LogP contribution in [0.4, 0.5) is 5.69 Å². The van der Waals surface area contributed by atoms with E-state index in [0.29, 0.717) is 30.3 Å². The molecule has 1 heterocycles. The van der Waals surface area contributed by atoms with Gasteiger partial charge < -0.3 is 14.8 Å². The lowest BCUT2D eigenvalue weighted by Crippen LogP contribution is -2.31. The summed E-state index contributed by atoms with van der Waals surface area (Å²) in [7, 11) is -2.14. The van der Waals surface area contributed by atoms with Crippen LogP contribution in [0.5, 0.6) is 11.5 Å². The van der Waals surface area contributed by atoms with Gasteiger partial charge in [0.15, 0.2) is 6.10 Å². The number of hydrogen-bond acceptors (Lipinski definition) is 5. The fourth-order valence-corrected chi connectivity index (χ4v) is 4.88. The van der Waals surface area contributed by atoms with Gasteiger partial charge in [0.1, 0.15) is 11.5 Å². The molecule has 0 aromatic heterocycles. The number of anilines is 1. The smallest absolute Gasteiger partial charge is 0.265 e. The molecule has 0 radical (unpaired) electrons. The first-order valence-electron chi connectivity index (χ1n) is 9.95. The number of nitrogens with zero attached hydrogens (tertiary/aromatic N) is 1. The topological polar surface area (TPSA) is 84.9 Å². The second kappa shape index (κ2) is 9.06. The van der Waals surface area contributed by atoms with Crippen molar-refractivity contribution in [3.8, 4) is 11.5 Å². The number of carbonyl (C=O) groups is 1. The van der Waals surface area contributed by atoms with Gasteiger partial charge in [-0.15, -0.1) is 0 Å². The lowest BCUT2D eigenvalue weighted by Gasteiger charge is -2.19. The number of sulfonamides is 1. The van der Waals surface area contributed by atoms with Crippen LogP contribution in [0.1, 0.15) is 30.9 Å². The highest BCUT2D eigenvalue weighted by Crippen LogP contribution is 2.30. The van der Waals surface area contributed by atoms with Crippen LogP contribution in [-0.2, 0) is 14.8 Å². The van der Waals surface area contributed by atoms with E-state index < -0.39 is 22.0 Å². The van der Waals surface area contributed by atoms with Crippen molar-refractivity contribution >= 4 is 21.6 Å². The highest BCUT2D eigenvalue weighted by Gasteiger charge is 2.28. The molecule has 1 amide bonds. The minimum absolute atomic E-state index is 0.128. The van der Waals surface area contributed by atoms with Crippen molar-refractivity contribution in [1.29, 1.82) is 0 Å². The average molecular weight is 433 g/mol. The Morgan fingerprint density at radius 2 is 1.77 bits per heavy atom. The second-order valence-electron chi connectivity index (χ2n) is 7.49. The molecule has 0 aliphatic carbocycles. The number of methoxy groups -OCH3 is 1. The Bertz CT molecular complexity index is 1030. The molecule has 2 aromatic carbocycles. The average Bonchev–Trinajstić information content (AvgIpc) is 3.26. The SMILES string of the molecule is COc1ccc(S(=O)(=O)N2CCCC2)cc1NC(=O)[C@@H](C)Oc1cc(C)ccc1C. The minimum atomic E-state index is -3.61. The van der Waals surface area contributed by atoms with Gasteiger partial charge in [-0.3, -0.25) is 4.79 Å². The zero-order chi connectivity index (χ0) is 21.9. The first-order chi connectivity index (χ1) is 14.2. The van der Waals surface area contributed by atoms with E-state index in [9.17, 15) is 13.2 Å². The zero-order valence-electron chi connectivity index (χ0n) is 17.8. The molecule has 1 atom stereocenters. The summed E-state index contributed by atoms with van der Waals surface area (Å²) < 4.78 is 38.3. The van der Waals surface area contributed by atoms with Crippen LogP contribution >= 0.6 is 0 Å². The fraction of sp³-hybridized carbons (Fsp3) is 0.409. The second-order valence-corrected chi connectivity index (χ2v) is 9.43. The Morgan fingerprint density at radius 3 is 2.43 bits per heavy atom. The number of ether oxygens (including phenoxy) is 2. The van der Waals surface area contributed by atoms with E-state index in [0.717, 1.165) is 24.0 Å². The number of benzene rings is 2. The maximum absolute atomic E-state index is 12.9. The summed E-state index contributed by atoms with van der Waals surface area (Å²) in [4.78, 5) is 12.9. The fourth-order valence-electron chi connectivity index (χ4n) is 3.34. The van der Waals surface area contributed by atoms with Gasteiger partial charge in [-0.05, 0) is 69.0 Å². The molecule has 1 aliphatic heterocycles. The van der Waals surface area contributed by atoms with E-state index >= 15 is 0 Å². The van der Waals surface area contributed by atoms with Gasteiger partial charge in [0.25, 0.3) is 5.91 Å². The molecule has 1 saturated heterocycles. The predicted octanol–water partition coefficient (Wildman–Crippen LogP) is 3.50. The quantitative estimate of drug-likeness (QED) is 0.724. The number of aryl methyl sites for hydroxylation is 2. The van der Waals surface area contributed by atoms with Gasteiger partial charge in [-0.25, -0.2) is 8.42 Å². The molecule has 7 nitrogen and oxygen atoms in total. The van der Waals surface area contributed by atoms with E-state index in [4.69, 9.17) is 9.47 Å². The maximum Gasteiger partial charge on any atom is 0.265 e. The molecule has 2 aromatic rings. The highest BCUT2D eigenvalue weighted by atomic mass is 32.2. The summed E-state index contributed by atoms with van der Waals surface area (Å²) in [6.07, 6.45) is 0.923. The summed E-state index contributed by atoms with van der Waals surface area (Å²) in [5.74, 6) is 0.613. The highest BCUT2D eigenvalue weighted by molar-refractivity contribution is 7.89. The summed E-state index contributed by atoms with van der Waals surface area (Å²) in [5, 5.41) is 2.75. The third-order valence-electron chi connectivity index (χ3n) is 5.15. The van der Waals surface area contributed by atoms with Crippen LogP contribution < -0.4 is 14.8 Å².